The van der Waals surface area contributed by atoms with Crippen molar-refractivity contribution >= 4 is 18.0 Å². The molecule has 0 fully saturated rings. The maximum absolute atomic E-state index is 11.9. The van der Waals surface area contributed by atoms with E-state index in [0.717, 1.165) is 0 Å². The largest absolute Gasteiger partial charge is 0.508 e. The lowest BCUT2D eigenvalue weighted by Gasteiger charge is -2.12. The molecule has 0 atom stereocenters. The molecule has 21 heavy (non-hydrogen) atoms. The number of hydrogen-bond donors (Lipinski definition) is 3. The topological polar surface area (TPSA) is 119 Å². The fraction of sp³-hybridized carbons (Fsp3) is 0.214. The number of phenols is 1. The summed E-state index contributed by atoms with van der Waals surface area (Å²) < 4.78 is 0. The highest BCUT2D eigenvalue weighted by atomic mass is 16.3. The lowest BCUT2D eigenvalue weighted by atomic mass is 10.2. The summed E-state index contributed by atoms with van der Waals surface area (Å²) in [7, 11) is 0. The van der Waals surface area contributed by atoms with Gasteiger partial charge in [0.1, 0.15) is 17.4 Å². The Morgan fingerprint density at radius 1 is 1.52 bits per heavy atom. The molecule has 7 nitrogen and oxygen atoms in total. The van der Waals surface area contributed by atoms with Crippen molar-refractivity contribution in [2.45, 2.75) is 6.42 Å². The molecule has 1 rings (SSSR count). The van der Waals surface area contributed by atoms with E-state index in [9.17, 15) is 14.7 Å². The van der Waals surface area contributed by atoms with Crippen LogP contribution in [-0.4, -0.2) is 35.4 Å². The first kappa shape index (κ1) is 16.2. The van der Waals surface area contributed by atoms with Crippen LogP contribution in [0.5, 0.6) is 5.75 Å². The van der Waals surface area contributed by atoms with Crippen LogP contribution in [0.25, 0.3) is 0 Å². The minimum Gasteiger partial charge on any atom is -0.508 e. The first-order valence-electron chi connectivity index (χ1n) is 6.24. The van der Waals surface area contributed by atoms with Crippen molar-refractivity contribution in [2.75, 3.05) is 18.4 Å². The fourth-order valence-electron chi connectivity index (χ4n) is 1.51. The van der Waals surface area contributed by atoms with Crippen molar-refractivity contribution in [1.29, 1.82) is 5.26 Å². The van der Waals surface area contributed by atoms with Gasteiger partial charge in [-0.05, 0) is 25.1 Å². The molecule has 2 amide bonds. The predicted octanol–water partition coefficient (Wildman–Crippen LogP) is 0.545. The van der Waals surface area contributed by atoms with Crippen molar-refractivity contribution in [2.24, 2.45) is 5.73 Å². The molecule has 1 aromatic rings. The molecule has 0 aliphatic carbocycles. The summed E-state index contributed by atoms with van der Waals surface area (Å²) in [5.74, 6) is -0.671. The highest BCUT2D eigenvalue weighted by molar-refractivity contribution is 6.06. The van der Waals surface area contributed by atoms with E-state index >= 15 is 0 Å². The Labute approximate surface area is 122 Å². The molecular weight excluding hydrogens is 272 g/mol. The van der Waals surface area contributed by atoms with Crippen LogP contribution in [0.15, 0.2) is 36.0 Å². The number of nitriles is 1. The number of aromatic hydroxyl groups is 1. The van der Waals surface area contributed by atoms with Crippen molar-refractivity contribution in [3.8, 4) is 11.8 Å². The SMILES string of the molecule is N#C/C(=C/N(C=O)CCCN)C(=O)Nc1cccc(O)c1. The number of phenolic OH excluding ortho intramolecular Hbond substituents is 1. The zero-order chi connectivity index (χ0) is 15.7. The minimum absolute atomic E-state index is 0.00671. The van der Waals surface area contributed by atoms with E-state index in [4.69, 9.17) is 11.0 Å². The number of nitrogens with two attached hydrogens (primary N) is 1. The lowest BCUT2D eigenvalue weighted by molar-refractivity contribution is -0.116. The average Bonchev–Trinajstić information content (AvgIpc) is 2.47. The monoisotopic (exact) mass is 288 g/mol. The quantitative estimate of drug-likeness (QED) is 0.384. The second-order valence-electron chi connectivity index (χ2n) is 4.14. The van der Waals surface area contributed by atoms with Crippen LogP contribution in [0, 0.1) is 11.3 Å². The van der Waals surface area contributed by atoms with E-state index < -0.39 is 5.91 Å². The van der Waals surface area contributed by atoms with Crippen LogP contribution in [0.1, 0.15) is 6.42 Å². The normalized spacial score (nSPS) is 10.6. The summed E-state index contributed by atoms with van der Waals surface area (Å²) in [6, 6.07) is 7.66. The summed E-state index contributed by atoms with van der Waals surface area (Å²) >= 11 is 0. The summed E-state index contributed by atoms with van der Waals surface area (Å²) in [4.78, 5) is 24.0. The molecule has 0 aromatic heterocycles. The average molecular weight is 288 g/mol. The minimum atomic E-state index is -0.664. The molecule has 110 valence electrons. The smallest absolute Gasteiger partial charge is 0.267 e. The molecule has 0 saturated heterocycles. The number of carbonyl (C=O) groups is 2. The van der Waals surface area contributed by atoms with Crippen LogP contribution in [-0.2, 0) is 9.59 Å². The van der Waals surface area contributed by atoms with Gasteiger partial charge in [0.25, 0.3) is 5.91 Å². The van der Waals surface area contributed by atoms with E-state index in [2.05, 4.69) is 5.32 Å². The Kier molecular flexibility index (Phi) is 6.44. The third-order valence-corrected chi connectivity index (χ3v) is 2.52. The van der Waals surface area contributed by atoms with Crippen LogP contribution in [0.2, 0.25) is 0 Å². The van der Waals surface area contributed by atoms with Gasteiger partial charge in [-0.25, -0.2) is 0 Å². The maximum atomic E-state index is 11.9. The molecule has 7 heteroatoms. The molecule has 0 bridgehead atoms. The van der Waals surface area contributed by atoms with Gasteiger partial charge in [-0.15, -0.1) is 0 Å². The zero-order valence-electron chi connectivity index (χ0n) is 11.3. The highest BCUT2D eigenvalue weighted by Crippen LogP contribution is 2.16. The van der Waals surface area contributed by atoms with Crippen LogP contribution in [0.4, 0.5) is 5.69 Å². The predicted molar refractivity (Wildman–Crippen MR) is 76.9 cm³/mol. The Balaban J connectivity index is 2.81. The Hall–Kier alpha value is -2.85. The van der Waals surface area contributed by atoms with Crippen LogP contribution < -0.4 is 11.1 Å². The van der Waals surface area contributed by atoms with Crippen molar-refractivity contribution in [3.63, 3.8) is 0 Å². The van der Waals surface area contributed by atoms with Crippen molar-refractivity contribution in [1.82, 2.24) is 4.90 Å². The second-order valence-corrected chi connectivity index (χ2v) is 4.14. The van der Waals surface area contributed by atoms with Gasteiger partial charge in [-0.3, -0.25) is 9.59 Å². The number of rotatable bonds is 7. The van der Waals surface area contributed by atoms with E-state index in [1.165, 1.54) is 23.2 Å². The first-order chi connectivity index (χ1) is 10.1. The number of amides is 2. The molecule has 0 radical (unpaired) electrons. The van der Waals surface area contributed by atoms with Gasteiger partial charge in [0, 0.05) is 24.5 Å². The summed E-state index contributed by atoms with van der Waals surface area (Å²) in [5, 5.41) is 20.8. The number of benzene rings is 1. The molecule has 0 spiro atoms. The van der Waals surface area contributed by atoms with Gasteiger partial charge in [-0.2, -0.15) is 5.26 Å². The Morgan fingerprint density at radius 2 is 2.29 bits per heavy atom. The van der Waals surface area contributed by atoms with Crippen molar-refractivity contribution in [3.05, 3.63) is 36.0 Å². The number of hydrogen-bond acceptors (Lipinski definition) is 5. The lowest BCUT2D eigenvalue weighted by Crippen LogP contribution is -2.22. The van der Waals surface area contributed by atoms with Crippen molar-refractivity contribution < 1.29 is 14.7 Å². The Bertz CT molecular complexity index is 578. The molecular formula is C14H16N4O3. The summed E-state index contributed by atoms with van der Waals surface area (Å²) in [6.45, 7) is 0.722. The summed E-state index contributed by atoms with van der Waals surface area (Å²) in [6.07, 6.45) is 2.25. The molecule has 0 saturated carbocycles. The van der Waals surface area contributed by atoms with E-state index in [1.807, 2.05) is 0 Å². The maximum Gasteiger partial charge on any atom is 0.267 e. The number of nitrogens with one attached hydrogen (secondary N) is 1. The van der Waals surface area contributed by atoms with Gasteiger partial charge in [0.15, 0.2) is 0 Å². The van der Waals surface area contributed by atoms with E-state index in [1.54, 1.807) is 18.2 Å². The van der Waals surface area contributed by atoms with Crippen LogP contribution >= 0.6 is 0 Å². The number of carbonyl (C=O) groups excluding carboxylic acids is 2. The number of nitrogens with zero attached hydrogens (tertiary/aromatic N) is 2. The van der Waals surface area contributed by atoms with E-state index in [0.29, 0.717) is 31.6 Å². The highest BCUT2D eigenvalue weighted by Gasteiger charge is 2.11. The Morgan fingerprint density at radius 3 is 2.86 bits per heavy atom. The summed E-state index contributed by atoms with van der Waals surface area (Å²) in [5.41, 5.74) is 5.47. The first-order valence-corrected chi connectivity index (χ1v) is 6.24. The number of anilines is 1. The molecule has 1 aromatic carbocycles. The van der Waals surface area contributed by atoms with Crippen LogP contribution in [0.3, 0.4) is 0 Å². The van der Waals surface area contributed by atoms with Gasteiger partial charge in [-0.1, -0.05) is 6.07 Å². The molecule has 0 aliphatic heterocycles. The third-order valence-electron chi connectivity index (χ3n) is 2.52. The third kappa shape index (κ3) is 5.34. The standard InChI is InChI=1S/C14H16N4O3/c15-5-2-6-18(10-19)9-11(8-16)14(21)17-12-3-1-4-13(20)7-12/h1,3-4,7,9-10,20H,2,5-6,15H2,(H,17,21)/b11-9-. The molecule has 4 N–H and O–H groups in total. The fourth-order valence-corrected chi connectivity index (χ4v) is 1.51. The zero-order valence-corrected chi connectivity index (χ0v) is 11.3. The van der Waals surface area contributed by atoms with Gasteiger partial charge >= 0.3 is 0 Å². The van der Waals surface area contributed by atoms with E-state index in [-0.39, 0.29) is 11.3 Å². The van der Waals surface area contributed by atoms with Gasteiger partial charge in [0.05, 0.1) is 0 Å². The van der Waals surface area contributed by atoms with Gasteiger partial charge < -0.3 is 21.1 Å². The van der Waals surface area contributed by atoms with Gasteiger partial charge in [0.2, 0.25) is 6.41 Å². The molecule has 0 unspecified atom stereocenters. The molecule has 0 aliphatic rings. The second kappa shape index (κ2) is 8.35. The molecule has 0 heterocycles.